The van der Waals surface area contributed by atoms with Crippen LogP contribution in [0.3, 0.4) is 0 Å². The van der Waals surface area contributed by atoms with Crippen molar-refractivity contribution < 1.29 is 8.42 Å². The molecule has 3 aromatic rings. The van der Waals surface area contributed by atoms with Crippen LogP contribution in [-0.2, 0) is 16.4 Å². The van der Waals surface area contributed by atoms with Crippen LogP contribution in [-0.4, -0.2) is 45.3 Å². The molecule has 0 radical (unpaired) electrons. The lowest BCUT2D eigenvalue weighted by atomic mass is 10.1. The zero-order chi connectivity index (χ0) is 21.8. The number of aryl methyl sites for hydroxylation is 1. The number of nitrogens with one attached hydrogen (secondary N) is 2. The molecule has 0 fully saturated rings. The number of hydrogen-bond donors (Lipinski definition) is 2. The third kappa shape index (κ3) is 4.83. The van der Waals surface area contributed by atoms with Crippen molar-refractivity contribution in [1.82, 2.24) is 10.3 Å². The summed E-state index contributed by atoms with van der Waals surface area (Å²) in [6.45, 7) is 7.94. The van der Waals surface area contributed by atoms with Crippen molar-refractivity contribution in [2.75, 3.05) is 42.1 Å². The normalized spacial score (nSPS) is 15.5. The fourth-order valence-electron chi connectivity index (χ4n) is 4.01. The first-order chi connectivity index (χ1) is 15.0. The fraction of sp³-hybridized carbons (Fsp3) is 0.375. The van der Waals surface area contributed by atoms with Gasteiger partial charge in [-0.2, -0.15) is 0 Å². The largest absolute Gasteiger partial charge is 0.384 e. The predicted molar refractivity (Wildman–Crippen MR) is 128 cm³/mol. The summed E-state index contributed by atoms with van der Waals surface area (Å²) in [5, 5.41) is 8.02. The maximum absolute atomic E-state index is 12.7. The molecule has 0 aliphatic carbocycles. The van der Waals surface area contributed by atoms with Gasteiger partial charge in [0, 0.05) is 36.8 Å². The number of nitrogens with zero attached hydrogens (tertiary/aromatic N) is 2. The molecule has 0 saturated carbocycles. The Labute approximate surface area is 184 Å². The molecule has 0 spiro atoms. The summed E-state index contributed by atoms with van der Waals surface area (Å²) in [6.07, 6.45) is 1.02. The number of anilines is 2. The minimum absolute atomic E-state index is 0.0864. The lowest BCUT2D eigenvalue weighted by molar-refractivity contribution is 0.596. The second-order valence-corrected chi connectivity index (χ2v) is 10.1. The third-order valence-electron chi connectivity index (χ3n) is 5.67. The Morgan fingerprint density at radius 2 is 1.94 bits per heavy atom. The molecule has 31 heavy (non-hydrogen) atoms. The molecular weight excluding hydrogens is 408 g/mol. The number of aromatic nitrogens is 1. The molecule has 1 aromatic heterocycles. The van der Waals surface area contributed by atoms with E-state index in [-0.39, 0.29) is 5.75 Å². The summed E-state index contributed by atoms with van der Waals surface area (Å²) < 4.78 is 25.5. The Hall–Kier alpha value is -2.64. The van der Waals surface area contributed by atoms with Crippen LogP contribution in [0.5, 0.6) is 0 Å². The zero-order valence-electron chi connectivity index (χ0n) is 18.2. The van der Waals surface area contributed by atoms with E-state index in [1.54, 1.807) is 12.1 Å². The maximum atomic E-state index is 12.7. The van der Waals surface area contributed by atoms with E-state index in [1.165, 1.54) is 5.56 Å². The second kappa shape index (κ2) is 9.24. The van der Waals surface area contributed by atoms with E-state index in [9.17, 15) is 8.42 Å². The van der Waals surface area contributed by atoms with Gasteiger partial charge in [0.05, 0.1) is 16.2 Å². The predicted octanol–water partition coefficient (Wildman–Crippen LogP) is 3.75. The summed E-state index contributed by atoms with van der Waals surface area (Å²) >= 11 is 0. The maximum Gasteiger partial charge on any atom is 0.180 e. The van der Waals surface area contributed by atoms with Gasteiger partial charge in [0.1, 0.15) is 5.82 Å². The van der Waals surface area contributed by atoms with Gasteiger partial charge in [-0.05, 0) is 50.2 Å². The van der Waals surface area contributed by atoms with E-state index in [2.05, 4.69) is 47.6 Å². The van der Waals surface area contributed by atoms with Crippen molar-refractivity contribution in [2.45, 2.75) is 31.7 Å². The first kappa shape index (κ1) is 21.6. The minimum Gasteiger partial charge on any atom is -0.384 e. The van der Waals surface area contributed by atoms with Gasteiger partial charge in [0.2, 0.25) is 0 Å². The van der Waals surface area contributed by atoms with Crippen LogP contribution in [0.15, 0.2) is 53.4 Å². The number of sulfone groups is 1. The zero-order valence-corrected chi connectivity index (χ0v) is 19.0. The number of rotatable bonds is 7. The molecule has 0 atom stereocenters. The van der Waals surface area contributed by atoms with Gasteiger partial charge in [-0.15, -0.1) is 0 Å². The molecule has 1 aliphatic heterocycles. The topological polar surface area (TPSA) is 74.3 Å². The molecule has 0 amide bonds. The lowest BCUT2D eigenvalue weighted by Gasteiger charge is -2.23. The second-order valence-electron chi connectivity index (χ2n) is 8.03. The molecule has 7 heteroatoms. The monoisotopic (exact) mass is 438 g/mol. The van der Waals surface area contributed by atoms with Crippen LogP contribution in [0.1, 0.15) is 24.5 Å². The lowest BCUT2D eigenvalue weighted by Crippen LogP contribution is -2.26. The van der Waals surface area contributed by atoms with Crippen LogP contribution in [0, 0.1) is 6.92 Å². The quantitative estimate of drug-likeness (QED) is 0.548. The molecule has 4 rings (SSSR count). The van der Waals surface area contributed by atoms with Gasteiger partial charge in [0.25, 0.3) is 0 Å². The van der Waals surface area contributed by atoms with Crippen molar-refractivity contribution in [3.63, 3.8) is 0 Å². The Kier molecular flexibility index (Phi) is 6.43. The Morgan fingerprint density at radius 3 is 2.77 bits per heavy atom. The molecule has 6 nitrogen and oxygen atoms in total. The van der Waals surface area contributed by atoms with E-state index in [0.29, 0.717) is 18.0 Å². The standard InChI is InChI=1S/C24H30N4O2S/c1-3-25-11-6-12-26-22-16-24(27-21-10-9-18(2)15-20(21)22)28-13-14-31(29,30)23-8-5-4-7-19(23)17-28/h4-5,7-10,15-16,25H,3,6,11-14,17H2,1-2H3,(H,26,27). The minimum atomic E-state index is -3.29. The van der Waals surface area contributed by atoms with Crippen LogP contribution in [0.25, 0.3) is 10.9 Å². The number of benzene rings is 2. The van der Waals surface area contributed by atoms with Gasteiger partial charge in [0.15, 0.2) is 9.84 Å². The Bertz CT molecular complexity index is 1180. The third-order valence-corrected chi connectivity index (χ3v) is 7.46. The molecular formula is C24H30N4O2S. The smallest absolute Gasteiger partial charge is 0.180 e. The molecule has 2 heterocycles. The molecule has 0 bridgehead atoms. The van der Waals surface area contributed by atoms with E-state index in [0.717, 1.165) is 54.0 Å². The van der Waals surface area contributed by atoms with Gasteiger partial charge in [-0.1, -0.05) is 36.8 Å². The van der Waals surface area contributed by atoms with E-state index in [1.807, 2.05) is 18.2 Å². The van der Waals surface area contributed by atoms with Crippen LogP contribution in [0.4, 0.5) is 11.5 Å². The first-order valence-corrected chi connectivity index (χ1v) is 12.5. The summed E-state index contributed by atoms with van der Waals surface area (Å²) in [5.41, 5.74) is 3.97. The van der Waals surface area contributed by atoms with Gasteiger partial charge in [-0.25, -0.2) is 13.4 Å². The van der Waals surface area contributed by atoms with Gasteiger partial charge >= 0.3 is 0 Å². The van der Waals surface area contributed by atoms with Crippen LogP contribution >= 0.6 is 0 Å². The Balaban J connectivity index is 1.68. The van der Waals surface area contributed by atoms with Crippen LogP contribution < -0.4 is 15.5 Å². The van der Waals surface area contributed by atoms with Crippen molar-refractivity contribution in [1.29, 1.82) is 0 Å². The van der Waals surface area contributed by atoms with Crippen LogP contribution in [0.2, 0.25) is 0 Å². The average molecular weight is 439 g/mol. The SMILES string of the molecule is CCNCCCNc1cc(N2CCS(=O)(=O)c3ccccc3C2)nc2ccc(C)cc12. The number of hydrogen-bond acceptors (Lipinski definition) is 6. The molecule has 1 aliphatic rings. The average Bonchev–Trinajstić information content (AvgIpc) is 2.90. The van der Waals surface area contributed by atoms with E-state index >= 15 is 0 Å². The Morgan fingerprint density at radius 1 is 1.10 bits per heavy atom. The summed E-state index contributed by atoms with van der Waals surface area (Å²) in [7, 11) is -3.29. The fourth-order valence-corrected chi connectivity index (χ4v) is 5.50. The molecule has 2 aromatic carbocycles. The number of fused-ring (bicyclic) bond motifs is 2. The molecule has 0 saturated heterocycles. The van der Waals surface area contributed by atoms with Crippen molar-refractivity contribution in [3.8, 4) is 0 Å². The first-order valence-electron chi connectivity index (χ1n) is 10.9. The van der Waals surface area contributed by atoms with Gasteiger partial charge in [-0.3, -0.25) is 0 Å². The van der Waals surface area contributed by atoms with E-state index < -0.39 is 9.84 Å². The molecule has 164 valence electrons. The summed E-state index contributed by atoms with van der Waals surface area (Å²) in [6, 6.07) is 15.6. The molecule has 2 N–H and O–H groups in total. The van der Waals surface area contributed by atoms with Crippen molar-refractivity contribution in [3.05, 3.63) is 59.7 Å². The highest BCUT2D eigenvalue weighted by Crippen LogP contribution is 2.31. The summed E-state index contributed by atoms with van der Waals surface area (Å²) in [4.78, 5) is 7.42. The van der Waals surface area contributed by atoms with Gasteiger partial charge < -0.3 is 15.5 Å². The molecule has 0 unspecified atom stereocenters. The number of pyridine rings is 1. The summed E-state index contributed by atoms with van der Waals surface area (Å²) in [5.74, 6) is 0.890. The van der Waals surface area contributed by atoms with Crippen molar-refractivity contribution >= 4 is 32.2 Å². The van der Waals surface area contributed by atoms with E-state index in [4.69, 9.17) is 4.98 Å². The highest BCUT2D eigenvalue weighted by molar-refractivity contribution is 7.91. The van der Waals surface area contributed by atoms with Crippen molar-refractivity contribution in [2.24, 2.45) is 0 Å². The highest BCUT2D eigenvalue weighted by atomic mass is 32.2. The highest BCUT2D eigenvalue weighted by Gasteiger charge is 2.26.